The zero-order chi connectivity index (χ0) is 44.4. The van der Waals surface area contributed by atoms with Crippen molar-refractivity contribution >= 4 is 23.5 Å². The summed E-state index contributed by atoms with van der Waals surface area (Å²) in [6, 6.07) is 11.3. The third kappa shape index (κ3) is 13.6. The van der Waals surface area contributed by atoms with E-state index >= 15 is 0 Å². The standard InChI is InChI=1S/2C21H26N6O4/c2*1-15(30-9-10-31-18-14-24-25-21(29)16(18)2)11-20(28)27-7-5-26(6-8-27)19-4-3-17(12-22)13-23-19/h2*3-4,13-15H,5-11H2,1-2H3,(H,25,29)/t2*15-/m10/s1. The topological polar surface area (TPSA) is 249 Å². The van der Waals surface area contributed by atoms with Crippen molar-refractivity contribution < 1.29 is 28.5 Å². The molecule has 328 valence electrons. The van der Waals surface area contributed by atoms with Crippen LogP contribution >= 0.6 is 0 Å². The third-order valence-electron chi connectivity index (χ3n) is 10.2. The highest BCUT2D eigenvalue weighted by Crippen LogP contribution is 2.17. The molecule has 0 radical (unpaired) electrons. The maximum atomic E-state index is 12.6. The molecule has 0 aliphatic carbocycles. The van der Waals surface area contributed by atoms with Gasteiger partial charge in [-0.2, -0.15) is 20.7 Å². The molecule has 2 aliphatic heterocycles. The molecule has 4 aromatic rings. The quantitative estimate of drug-likeness (QED) is 0.152. The van der Waals surface area contributed by atoms with Crippen LogP contribution in [0, 0.1) is 36.5 Å². The van der Waals surface area contributed by atoms with Gasteiger partial charge in [0.05, 0.1) is 72.9 Å². The molecule has 0 bridgehead atoms. The van der Waals surface area contributed by atoms with Crippen LogP contribution in [0.1, 0.15) is 48.9 Å². The van der Waals surface area contributed by atoms with Gasteiger partial charge in [0.1, 0.15) is 48.5 Å². The number of rotatable bonds is 16. The fourth-order valence-corrected chi connectivity index (χ4v) is 6.49. The molecular formula is C42H52N12O8. The molecule has 4 aromatic heterocycles. The second kappa shape index (κ2) is 23.2. The third-order valence-corrected chi connectivity index (χ3v) is 10.2. The first-order valence-corrected chi connectivity index (χ1v) is 20.3. The predicted molar refractivity (Wildman–Crippen MR) is 226 cm³/mol. The van der Waals surface area contributed by atoms with Crippen LogP contribution in [0.3, 0.4) is 0 Å². The maximum Gasteiger partial charge on any atom is 0.270 e. The molecule has 2 fully saturated rings. The molecule has 2 saturated heterocycles. The largest absolute Gasteiger partial charge is 0.489 e. The Bertz CT molecular complexity index is 2110. The number of aromatic amines is 2. The number of hydrogen-bond acceptors (Lipinski definition) is 16. The number of pyridine rings is 2. The smallest absolute Gasteiger partial charge is 0.270 e. The number of carbonyl (C=O) groups is 2. The van der Waals surface area contributed by atoms with E-state index in [2.05, 4.69) is 52.3 Å². The van der Waals surface area contributed by atoms with Gasteiger partial charge in [0.25, 0.3) is 11.1 Å². The lowest BCUT2D eigenvalue weighted by Gasteiger charge is -2.35. The first kappa shape index (κ1) is 46.2. The van der Waals surface area contributed by atoms with Crippen molar-refractivity contribution in [2.24, 2.45) is 0 Å². The summed E-state index contributed by atoms with van der Waals surface area (Å²) in [5, 5.41) is 29.8. The van der Waals surface area contributed by atoms with Gasteiger partial charge in [0.2, 0.25) is 11.8 Å². The van der Waals surface area contributed by atoms with E-state index in [4.69, 9.17) is 29.5 Å². The molecule has 2 aliphatic rings. The normalized spacial score (nSPS) is 14.7. The van der Waals surface area contributed by atoms with E-state index < -0.39 is 0 Å². The van der Waals surface area contributed by atoms with Gasteiger partial charge in [-0.25, -0.2) is 20.2 Å². The second-order valence-corrected chi connectivity index (χ2v) is 14.6. The van der Waals surface area contributed by atoms with Crippen LogP contribution in [0.2, 0.25) is 0 Å². The van der Waals surface area contributed by atoms with Gasteiger partial charge in [-0.1, -0.05) is 0 Å². The average molecular weight is 853 g/mol. The predicted octanol–water partition coefficient (Wildman–Crippen LogP) is 1.74. The highest BCUT2D eigenvalue weighted by Gasteiger charge is 2.25. The number of nitrogens with zero attached hydrogens (tertiary/aromatic N) is 10. The van der Waals surface area contributed by atoms with Gasteiger partial charge in [-0.05, 0) is 52.0 Å². The zero-order valence-corrected chi connectivity index (χ0v) is 35.4. The van der Waals surface area contributed by atoms with Gasteiger partial charge in [-0.15, -0.1) is 0 Å². The Hall–Kier alpha value is -6.90. The van der Waals surface area contributed by atoms with Crippen LogP contribution < -0.4 is 30.4 Å². The fourth-order valence-electron chi connectivity index (χ4n) is 6.49. The molecule has 6 heterocycles. The van der Waals surface area contributed by atoms with Crippen molar-refractivity contribution in [3.05, 3.63) is 92.0 Å². The lowest BCUT2D eigenvalue weighted by atomic mass is 10.2. The van der Waals surface area contributed by atoms with Crippen molar-refractivity contribution in [2.75, 3.05) is 88.6 Å². The molecule has 2 amide bonds. The molecule has 62 heavy (non-hydrogen) atoms. The molecular weight excluding hydrogens is 801 g/mol. The first-order chi connectivity index (χ1) is 29.9. The Morgan fingerprint density at radius 2 is 1.02 bits per heavy atom. The van der Waals surface area contributed by atoms with Crippen LogP contribution in [0.4, 0.5) is 11.6 Å². The van der Waals surface area contributed by atoms with E-state index in [1.54, 1.807) is 38.4 Å². The van der Waals surface area contributed by atoms with Crippen LogP contribution in [0.15, 0.2) is 58.6 Å². The van der Waals surface area contributed by atoms with Gasteiger partial charge >= 0.3 is 0 Å². The second-order valence-electron chi connectivity index (χ2n) is 14.6. The Morgan fingerprint density at radius 3 is 1.35 bits per heavy atom. The van der Waals surface area contributed by atoms with Crippen LogP contribution in [-0.2, 0) is 19.1 Å². The average Bonchev–Trinajstić information content (AvgIpc) is 3.29. The van der Waals surface area contributed by atoms with Gasteiger partial charge < -0.3 is 38.5 Å². The van der Waals surface area contributed by atoms with Crippen molar-refractivity contribution in [3.63, 3.8) is 0 Å². The van der Waals surface area contributed by atoms with Crippen LogP contribution in [0.5, 0.6) is 11.5 Å². The summed E-state index contributed by atoms with van der Waals surface area (Å²) < 4.78 is 22.4. The van der Waals surface area contributed by atoms with Crippen LogP contribution in [0.25, 0.3) is 0 Å². The van der Waals surface area contributed by atoms with E-state index in [9.17, 15) is 19.2 Å². The number of carbonyl (C=O) groups excluding carboxylic acids is 2. The summed E-state index contributed by atoms with van der Waals surface area (Å²) in [6.45, 7) is 13.4. The summed E-state index contributed by atoms with van der Waals surface area (Å²) in [6.07, 6.45) is 6.13. The van der Waals surface area contributed by atoms with E-state index in [1.165, 1.54) is 12.4 Å². The highest BCUT2D eigenvalue weighted by molar-refractivity contribution is 5.77. The number of aromatic nitrogens is 6. The summed E-state index contributed by atoms with van der Waals surface area (Å²) in [4.78, 5) is 64.6. The Labute approximate surface area is 359 Å². The molecule has 0 saturated carbocycles. The van der Waals surface area contributed by atoms with Crippen molar-refractivity contribution in [2.45, 2.75) is 52.7 Å². The number of nitrogens with one attached hydrogen (secondary N) is 2. The van der Waals surface area contributed by atoms with E-state index in [0.29, 0.717) is 112 Å². The Morgan fingerprint density at radius 1 is 0.629 bits per heavy atom. The fraction of sp³-hybridized carbons (Fsp3) is 0.476. The minimum Gasteiger partial charge on any atom is -0.489 e. The number of hydrogen-bond donors (Lipinski definition) is 2. The zero-order valence-electron chi connectivity index (χ0n) is 35.4. The molecule has 6 rings (SSSR count). The van der Waals surface area contributed by atoms with E-state index in [0.717, 1.165) is 11.6 Å². The highest BCUT2D eigenvalue weighted by atomic mass is 16.5. The minimum absolute atomic E-state index is 0.0514. The van der Waals surface area contributed by atoms with Gasteiger partial charge in [0, 0.05) is 64.8 Å². The molecule has 2 atom stereocenters. The summed E-state index contributed by atoms with van der Waals surface area (Å²) in [5.74, 6) is 2.57. The van der Waals surface area contributed by atoms with E-state index in [1.807, 2.05) is 35.8 Å². The maximum absolute atomic E-state index is 12.6. The van der Waals surface area contributed by atoms with E-state index in [-0.39, 0.29) is 48.4 Å². The number of nitriles is 2. The Kier molecular flexibility index (Phi) is 17.3. The molecule has 0 unspecified atom stereocenters. The van der Waals surface area contributed by atoms with Crippen LogP contribution in [-0.4, -0.2) is 143 Å². The van der Waals surface area contributed by atoms with Gasteiger partial charge in [-0.3, -0.25) is 19.2 Å². The molecule has 0 spiro atoms. The first-order valence-electron chi connectivity index (χ1n) is 20.3. The SMILES string of the molecule is Cc1c(OCCO[C@@H](C)CC(=O)N2CCN(c3ccc(C#N)cn3)CC2)cn[nH]c1=O.Cc1c(OCCO[C@H](C)CC(=O)N2CCN(c3ccc(C#N)cn3)CC2)cn[nH]c1=O. The van der Waals surface area contributed by atoms with Crippen molar-refractivity contribution in [1.29, 1.82) is 10.5 Å². The minimum atomic E-state index is -0.285. The molecule has 20 nitrogen and oxygen atoms in total. The number of H-pyrrole nitrogens is 2. The number of ether oxygens (including phenoxy) is 4. The summed E-state index contributed by atoms with van der Waals surface area (Å²) in [5.41, 5.74) is 1.42. The lowest BCUT2D eigenvalue weighted by Crippen LogP contribution is -2.49. The Balaban J connectivity index is 0.000000234. The summed E-state index contributed by atoms with van der Waals surface area (Å²) >= 11 is 0. The molecule has 0 aromatic carbocycles. The summed E-state index contributed by atoms with van der Waals surface area (Å²) in [7, 11) is 0. The molecule has 2 N–H and O–H groups in total. The van der Waals surface area contributed by atoms with Crippen molar-refractivity contribution in [1.82, 2.24) is 40.2 Å². The molecule has 20 heteroatoms. The monoisotopic (exact) mass is 852 g/mol. The lowest BCUT2D eigenvalue weighted by molar-refractivity contribution is -0.135. The number of piperazine rings is 2. The number of anilines is 2. The van der Waals surface area contributed by atoms with Crippen molar-refractivity contribution in [3.8, 4) is 23.6 Å². The number of amides is 2. The van der Waals surface area contributed by atoms with Gasteiger partial charge in [0.15, 0.2) is 0 Å².